The highest BCUT2D eigenvalue weighted by molar-refractivity contribution is 5.80. The number of ether oxygens (including phenoxy) is 6. The fraction of sp³-hybridized carbons (Fsp3) is 0.741. The summed E-state index contributed by atoms with van der Waals surface area (Å²) < 4.78 is 35.7. The number of methoxy groups -OCH3 is 2. The molecule has 190 valence electrons. The highest BCUT2D eigenvalue weighted by atomic mass is 16.7. The van der Waals surface area contributed by atoms with Crippen LogP contribution in [0.4, 0.5) is 0 Å². The number of carbonyl (C=O) groups is 1. The van der Waals surface area contributed by atoms with E-state index in [1.165, 1.54) is 0 Å². The van der Waals surface area contributed by atoms with E-state index in [2.05, 4.69) is 6.92 Å². The standard InChI is InChI=1S/C27H40O7/c1-19-4-7-23-11-13-32-27(19,34-23)17-26(30-3)16-25-15-21(28)14-24(33-25)10-12-31-18-20-5-8-22(29-2)9-6-20/h5-6,8-9,19,23-26H,4,7,10-18H2,1-3H3/t19?,23-,24-,25-,26-,27+/m0/s1. The van der Waals surface area contributed by atoms with Crippen LogP contribution in [-0.4, -0.2) is 63.4 Å². The van der Waals surface area contributed by atoms with Crippen LogP contribution in [0.15, 0.2) is 24.3 Å². The second-order valence-electron chi connectivity index (χ2n) is 9.98. The van der Waals surface area contributed by atoms with Crippen LogP contribution < -0.4 is 4.74 Å². The molecule has 2 bridgehead atoms. The number of carbonyl (C=O) groups excluding carboxylic acids is 1. The van der Waals surface area contributed by atoms with Crippen LogP contribution in [0.5, 0.6) is 5.75 Å². The minimum Gasteiger partial charge on any atom is -0.497 e. The maximum Gasteiger partial charge on any atom is 0.173 e. The van der Waals surface area contributed by atoms with E-state index in [1.807, 2.05) is 24.3 Å². The average molecular weight is 477 g/mol. The second-order valence-corrected chi connectivity index (χ2v) is 9.98. The van der Waals surface area contributed by atoms with Crippen molar-refractivity contribution in [1.29, 1.82) is 0 Å². The average Bonchev–Trinajstić information content (AvgIpc) is 2.84. The second kappa shape index (κ2) is 12.0. The molecule has 1 aromatic rings. The molecule has 3 heterocycles. The lowest BCUT2D eigenvalue weighted by atomic mass is 9.83. The zero-order chi connectivity index (χ0) is 24.0. The molecule has 3 aliphatic rings. The lowest BCUT2D eigenvalue weighted by Crippen LogP contribution is -2.54. The van der Waals surface area contributed by atoms with E-state index in [0.29, 0.717) is 51.2 Å². The molecule has 3 saturated heterocycles. The van der Waals surface area contributed by atoms with Gasteiger partial charge in [0.1, 0.15) is 11.5 Å². The van der Waals surface area contributed by atoms with Crippen molar-refractivity contribution < 1.29 is 33.2 Å². The molecule has 7 nitrogen and oxygen atoms in total. The normalized spacial score (nSPS) is 32.4. The molecule has 6 atom stereocenters. The number of benzene rings is 1. The van der Waals surface area contributed by atoms with E-state index in [-0.39, 0.29) is 30.2 Å². The van der Waals surface area contributed by atoms with Crippen molar-refractivity contribution in [3.8, 4) is 5.75 Å². The summed E-state index contributed by atoms with van der Waals surface area (Å²) in [6.45, 7) is 4.02. The van der Waals surface area contributed by atoms with Crippen molar-refractivity contribution >= 4 is 5.78 Å². The molecule has 1 aromatic carbocycles. The quantitative estimate of drug-likeness (QED) is 0.437. The molecule has 34 heavy (non-hydrogen) atoms. The third-order valence-electron chi connectivity index (χ3n) is 7.50. The van der Waals surface area contributed by atoms with Gasteiger partial charge in [-0.15, -0.1) is 0 Å². The van der Waals surface area contributed by atoms with Gasteiger partial charge in [-0.25, -0.2) is 0 Å². The molecule has 0 saturated carbocycles. The summed E-state index contributed by atoms with van der Waals surface area (Å²) in [5.41, 5.74) is 1.09. The van der Waals surface area contributed by atoms with E-state index >= 15 is 0 Å². The first-order valence-corrected chi connectivity index (χ1v) is 12.7. The Hall–Kier alpha value is -1.51. The summed E-state index contributed by atoms with van der Waals surface area (Å²) in [5.74, 6) is 0.832. The lowest BCUT2D eigenvalue weighted by Gasteiger charge is -2.50. The number of Topliss-reactive ketones (excluding diaryl/α,β-unsaturated/α-hetero) is 1. The van der Waals surface area contributed by atoms with Crippen LogP contribution in [0, 0.1) is 5.92 Å². The van der Waals surface area contributed by atoms with E-state index < -0.39 is 5.79 Å². The van der Waals surface area contributed by atoms with Crippen LogP contribution >= 0.6 is 0 Å². The first kappa shape index (κ1) is 25.6. The monoisotopic (exact) mass is 476 g/mol. The van der Waals surface area contributed by atoms with Gasteiger partial charge in [0.15, 0.2) is 5.79 Å². The van der Waals surface area contributed by atoms with Crippen molar-refractivity contribution in [3.05, 3.63) is 29.8 Å². The molecule has 0 aromatic heterocycles. The largest absolute Gasteiger partial charge is 0.497 e. The molecule has 1 unspecified atom stereocenters. The predicted octanol–water partition coefficient (Wildman–Crippen LogP) is 4.45. The Morgan fingerprint density at radius 2 is 1.88 bits per heavy atom. The molecule has 0 N–H and O–H groups in total. The van der Waals surface area contributed by atoms with Gasteiger partial charge in [0.05, 0.1) is 44.7 Å². The number of ketones is 1. The Balaban J connectivity index is 1.24. The van der Waals surface area contributed by atoms with Gasteiger partial charge in [-0.05, 0) is 43.4 Å². The smallest absolute Gasteiger partial charge is 0.173 e. The van der Waals surface area contributed by atoms with Crippen molar-refractivity contribution in [3.63, 3.8) is 0 Å². The number of rotatable bonds is 11. The van der Waals surface area contributed by atoms with Crippen LogP contribution in [-0.2, 0) is 35.1 Å². The maximum absolute atomic E-state index is 12.5. The third kappa shape index (κ3) is 6.58. The molecule has 4 rings (SSSR count). The maximum atomic E-state index is 12.5. The summed E-state index contributed by atoms with van der Waals surface area (Å²) in [6.07, 6.45) is 6.06. The van der Waals surface area contributed by atoms with Crippen molar-refractivity contribution in [2.24, 2.45) is 5.92 Å². The van der Waals surface area contributed by atoms with Gasteiger partial charge in [0, 0.05) is 45.3 Å². The molecule has 7 heteroatoms. The van der Waals surface area contributed by atoms with Crippen LogP contribution in [0.3, 0.4) is 0 Å². The number of hydrogen-bond acceptors (Lipinski definition) is 7. The molecule has 0 spiro atoms. The lowest BCUT2D eigenvalue weighted by molar-refractivity contribution is -0.344. The van der Waals surface area contributed by atoms with Crippen molar-refractivity contribution in [1.82, 2.24) is 0 Å². The third-order valence-corrected chi connectivity index (χ3v) is 7.50. The van der Waals surface area contributed by atoms with Crippen LogP contribution in [0.2, 0.25) is 0 Å². The van der Waals surface area contributed by atoms with E-state index in [0.717, 1.165) is 37.2 Å². The Morgan fingerprint density at radius 1 is 1.09 bits per heavy atom. The van der Waals surface area contributed by atoms with Gasteiger partial charge >= 0.3 is 0 Å². The zero-order valence-electron chi connectivity index (χ0n) is 20.8. The molecule has 3 fully saturated rings. The predicted molar refractivity (Wildman–Crippen MR) is 127 cm³/mol. The molecular weight excluding hydrogens is 436 g/mol. The van der Waals surface area contributed by atoms with Gasteiger partial charge in [-0.3, -0.25) is 4.79 Å². The SMILES string of the molecule is COc1ccc(COCC[C@H]2CC(=O)C[C@@H](C[C@@H](C[C@]34OCC[C@H](CCC3C)O4)OC)O2)cc1. The first-order chi connectivity index (χ1) is 16.5. The van der Waals surface area contributed by atoms with Crippen LogP contribution in [0.1, 0.15) is 63.9 Å². The Kier molecular flexibility index (Phi) is 8.99. The van der Waals surface area contributed by atoms with Crippen molar-refractivity contribution in [2.75, 3.05) is 27.4 Å². The van der Waals surface area contributed by atoms with Crippen molar-refractivity contribution in [2.45, 2.75) is 95.1 Å². The zero-order valence-corrected chi connectivity index (χ0v) is 20.8. The van der Waals surface area contributed by atoms with E-state index in [9.17, 15) is 4.79 Å². The molecule has 3 aliphatic heterocycles. The fourth-order valence-corrected chi connectivity index (χ4v) is 5.43. The van der Waals surface area contributed by atoms with Gasteiger partial charge in [0.2, 0.25) is 0 Å². The van der Waals surface area contributed by atoms with E-state index in [1.54, 1.807) is 14.2 Å². The minimum atomic E-state index is -0.574. The van der Waals surface area contributed by atoms with Gasteiger partial charge in [-0.2, -0.15) is 0 Å². The molecule has 0 aliphatic carbocycles. The molecule has 0 amide bonds. The fourth-order valence-electron chi connectivity index (χ4n) is 5.43. The van der Waals surface area contributed by atoms with E-state index in [4.69, 9.17) is 28.4 Å². The summed E-state index contributed by atoms with van der Waals surface area (Å²) in [4.78, 5) is 12.5. The Morgan fingerprint density at radius 3 is 2.65 bits per heavy atom. The minimum absolute atomic E-state index is 0.0813. The Bertz CT molecular complexity index is 782. The first-order valence-electron chi connectivity index (χ1n) is 12.7. The summed E-state index contributed by atoms with van der Waals surface area (Å²) in [7, 11) is 3.38. The molecule has 0 radical (unpaired) electrons. The topological polar surface area (TPSA) is 72.5 Å². The number of hydrogen-bond donors (Lipinski definition) is 0. The van der Waals surface area contributed by atoms with Gasteiger partial charge in [-0.1, -0.05) is 19.1 Å². The van der Waals surface area contributed by atoms with Crippen LogP contribution in [0.25, 0.3) is 0 Å². The summed E-state index contributed by atoms with van der Waals surface area (Å²) >= 11 is 0. The van der Waals surface area contributed by atoms with Gasteiger partial charge in [0.25, 0.3) is 0 Å². The summed E-state index contributed by atoms with van der Waals surface area (Å²) in [5, 5.41) is 0. The molecular formula is C27H40O7. The highest BCUT2D eigenvalue weighted by Crippen LogP contribution is 2.43. The Labute approximate surface area is 203 Å². The number of fused-ring (bicyclic) bond motifs is 2. The van der Waals surface area contributed by atoms with Gasteiger partial charge < -0.3 is 28.4 Å². The highest BCUT2D eigenvalue weighted by Gasteiger charge is 2.48. The summed E-state index contributed by atoms with van der Waals surface area (Å²) in [6, 6.07) is 7.84.